The van der Waals surface area contributed by atoms with Crippen LogP contribution in [-0.2, 0) is 0 Å². The molecule has 0 amide bonds. The van der Waals surface area contributed by atoms with Crippen molar-refractivity contribution in [2.75, 3.05) is 30.8 Å². The van der Waals surface area contributed by atoms with Crippen molar-refractivity contribution in [2.24, 2.45) is 0 Å². The first-order valence-electron chi connectivity index (χ1n) is 11.4. The molecule has 176 valence electrons. The van der Waals surface area contributed by atoms with Gasteiger partial charge in [-0.05, 0) is 69.7 Å². The molecule has 2 N–H and O–H groups in total. The van der Waals surface area contributed by atoms with Crippen molar-refractivity contribution in [1.29, 1.82) is 0 Å². The predicted octanol–water partition coefficient (Wildman–Crippen LogP) is 5.26. The summed E-state index contributed by atoms with van der Waals surface area (Å²) in [6, 6.07) is 12.3. The topological polar surface area (TPSA) is 70.4 Å². The van der Waals surface area contributed by atoms with E-state index in [0.717, 1.165) is 37.2 Å². The molecule has 3 aromatic heterocycles. The van der Waals surface area contributed by atoms with E-state index in [1.165, 1.54) is 6.20 Å². The summed E-state index contributed by atoms with van der Waals surface area (Å²) in [7, 11) is 2.16. The van der Waals surface area contributed by atoms with Crippen LogP contribution in [0.1, 0.15) is 31.4 Å². The van der Waals surface area contributed by atoms with E-state index in [-0.39, 0.29) is 11.7 Å². The predicted molar refractivity (Wildman–Crippen MR) is 134 cm³/mol. The lowest BCUT2D eigenvalue weighted by Gasteiger charge is -2.30. The normalized spacial score (nSPS) is 16.0. The quantitative estimate of drug-likeness (QED) is 0.393. The lowest BCUT2D eigenvalue weighted by Crippen LogP contribution is -2.36. The molecule has 7 nitrogen and oxygen atoms in total. The van der Waals surface area contributed by atoms with Gasteiger partial charge < -0.3 is 15.5 Å². The molecule has 1 atom stereocenters. The minimum absolute atomic E-state index is 0.0748. The first kappa shape index (κ1) is 22.6. The lowest BCUT2D eigenvalue weighted by atomic mass is 10.0. The molecule has 0 radical (unpaired) electrons. The molecule has 0 aliphatic carbocycles. The Morgan fingerprint density at radius 2 is 1.94 bits per heavy atom. The Kier molecular flexibility index (Phi) is 6.34. The van der Waals surface area contributed by atoms with Crippen LogP contribution in [0.4, 0.5) is 16.0 Å². The van der Waals surface area contributed by atoms with Crippen LogP contribution in [0.5, 0.6) is 0 Å². The monoisotopic (exact) mass is 479 g/mol. The fourth-order valence-electron chi connectivity index (χ4n) is 4.33. The van der Waals surface area contributed by atoms with Crippen LogP contribution in [0.3, 0.4) is 0 Å². The Balaban J connectivity index is 1.34. The van der Waals surface area contributed by atoms with Gasteiger partial charge in [0.1, 0.15) is 5.69 Å². The molecule has 0 spiro atoms. The van der Waals surface area contributed by atoms with E-state index < -0.39 is 5.82 Å². The van der Waals surface area contributed by atoms with Gasteiger partial charge in [0.15, 0.2) is 11.5 Å². The number of nitrogens with one attached hydrogen (secondary N) is 2. The number of piperidine rings is 1. The molecule has 0 saturated carbocycles. The maximum Gasteiger partial charge on any atom is 0.223 e. The summed E-state index contributed by atoms with van der Waals surface area (Å²) in [5.41, 5.74) is 3.42. The largest absolute Gasteiger partial charge is 0.382 e. The first-order valence-corrected chi connectivity index (χ1v) is 11.8. The number of anilines is 2. The van der Waals surface area contributed by atoms with Crippen LogP contribution in [-0.4, -0.2) is 50.4 Å². The van der Waals surface area contributed by atoms with Crippen molar-refractivity contribution >= 4 is 28.9 Å². The van der Waals surface area contributed by atoms with Gasteiger partial charge in [-0.25, -0.2) is 19.3 Å². The van der Waals surface area contributed by atoms with E-state index >= 15 is 0 Å². The van der Waals surface area contributed by atoms with E-state index in [1.807, 2.05) is 13.0 Å². The van der Waals surface area contributed by atoms with Crippen molar-refractivity contribution in [3.8, 4) is 11.4 Å². The smallest absolute Gasteiger partial charge is 0.223 e. The number of hydrogen-bond acceptors (Lipinski definition) is 6. The van der Waals surface area contributed by atoms with Gasteiger partial charge in [0, 0.05) is 17.9 Å². The number of aromatic nitrogens is 4. The zero-order valence-corrected chi connectivity index (χ0v) is 19.9. The molecule has 0 bridgehead atoms. The molecule has 34 heavy (non-hydrogen) atoms. The van der Waals surface area contributed by atoms with Gasteiger partial charge in [-0.15, -0.1) is 0 Å². The fraction of sp³-hybridized carbons (Fsp3) is 0.320. The number of hydrogen-bond donors (Lipinski definition) is 2. The Morgan fingerprint density at radius 3 is 2.76 bits per heavy atom. The van der Waals surface area contributed by atoms with Crippen LogP contribution in [0.25, 0.3) is 17.0 Å². The van der Waals surface area contributed by atoms with E-state index in [9.17, 15) is 4.39 Å². The average Bonchev–Trinajstić information content (AvgIpc) is 3.27. The molecule has 1 fully saturated rings. The Bertz CT molecular complexity index is 1300. The van der Waals surface area contributed by atoms with Crippen molar-refractivity contribution in [3.63, 3.8) is 0 Å². The zero-order valence-electron chi connectivity index (χ0n) is 19.2. The van der Waals surface area contributed by atoms with Gasteiger partial charge in [0.2, 0.25) is 5.95 Å². The highest BCUT2D eigenvalue weighted by Crippen LogP contribution is 2.27. The molecule has 1 saturated heterocycles. The van der Waals surface area contributed by atoms with Gasteiger partial charge >= 0.3 is 0 Å². The number of halogens is 2. The molecule has 4 heterocycles. The average molecular weight is 480 g/mol. The number of rotatable bonds is 6. The molecule has 9 heteroatoms. The van der Waals surface area contributed by atoms with Gasteiger partial charge in [-0.2, -0.15) is 0 Å². The van der Waals surface area contributed by atoms with E-state index in [1.54, 1.807) is 28.9 Å². The third kappa shape index (κ3) is 4.69. The Morgan fingerprint density at radius 1 is 1.12 bits per heavy atom. The first-order chi connectivity index (χ1) is 16.5. The molecule has 1 aliphatic rings. The lowest BCUT2D eigenvalue weighted by molar-refractivity contribution is 0.264. The van der Waals surface area contributed by atoms with E-state index in [0.29, 0.717) is 28.4 Å². The summed E-state index contributed by atoms with van der Waals surface area (Å²) in [4.78, 5) is 15.3. The van der Waals surface area contributed by atoms with Crippen molar-refractivity contribution in [2.45, 2.75) is 31.8 Å². The second-order valence-electron chi connectivity index (χ2n) is 8.80. The van der Waals surface area contributed by atoms with Crippen LogP contribution >= 0.6 is 11.6 Å². The summed E-state index contributed by atoms with van der Waals surface area (Å²) in [6.07, 6.45) is 6.80. The third-order valence-corrected chi connectivity index (χ3v) is 6.59. The summed E-state index contributed by atoms with van der Waals surface area (Å²) in [6.45, 7) is 4.26. The highest BCUT2D eigenvalue weighted by Gasteiger charge is 2.18. The summed E-state index contributed by atoms with van der Waals surface area (Å²) in [5.74, 6) is -0.182. The maximum absolute atomic E-state index is 14.7. The summed E-state index contributed by atoms with van der Waals surface area (Å²) in [5, 5.41) is 7.46. The number of nitrogens with zero attached hydrogens (tertiary/aromatic N) is 5. The minimum Gasteiger partial charge on any atom is -0.382 e. The molecular formula is C25H27ClFN7. The van der Waals surface area contributed by atoms with E-state index in [4.69, 9.17) is 11.6 Å². The SMILES string of the molecule is C[C@H](Nc1ncc(F)c(-c2cnc3c(Cl)cccn23)n1)c1cccc(NC2CCN(C)CC2)c1. The number of likely N-dealkylation sites (tertiary alicyclic amines) is 1. The van der Waals surface area contributed by atoms with Gasteiger partial charge in [0.25, 0.3) is 0 Å². The minimum atomic E-state index is -0.524. The highest BCUT2D eigenvalue weighted by atomic mass is 35.5. The van der Waals surface area contributed by atoms with Gasteiger partial charge in [-0.3, -0.25) is 4.40 Å². The van der Waals surface area contributed by atoms with Gasteiger partial charge in [0.05, 0.1) is 29.2 Å². The molecule has 5 rings (SSSR count). The number of benzene rings is 1. The van der Waals surface area contributed by atoms with Crippen LogP contribution in [0.15, 0.2) is 55.0 Å². The number of pyridine rings is 1. The number of imidazole rings is 1. The Labute approximate surface area is 203 Å². The fourth-order valence-corrected chi connectivity index (χ4v) is 4.54. The van der Waals surface area contributed by atoms with Crippen molar-refractivity contribution in [1.82, 2.24) is 24.3 Å². The molecule has 4 aromatic rings. The van der Waals surface area contributed by atoms with E-state index in [2.05, 4.69) is 55.7 Å². The molecule has 1 aromatic carbocycles. The standard InChI is InChI=1S/C25H27ClFN7/c1-16(17-5-3-6-19(13-17)31-18-8-11-33(2)12-9-18)30-25-29-14-21(27)23(32-25)22-15-28-24-20(26)7-4-10-34(22)24/h3-7,10,13-16,18,31H,8-9,11-12H2,1-2H3,(H,29,30,32)/t16-/m0/s1. The second-order valence-corrected chi connectivity index (χ2v) is 9.20. The van der Waals surface area contributed by atoms with Crippen molar-refractivity contribution in [3.05, 3.63) is 71.4 Å². The van der Waals surface area contributed by atoms with Crippen LogP contribution in [0, 0.1) is 5.82 Å². The second kappa shape index (κ2) is 9.56. The Hall–Kier alpha value is -3.23. The summed E-state index contributed by atoms with van der Waals surface area (Å²) >= 11 is 6.22. The van der Waals surface area contributed by atoms with Crippen LogP contribution < -0.4 is 10.6 Å². The zero-order chi connectivity index (χ0) is 23.7. The van der Waals surface area contributed by atoms with Crippen molar-refractivity contribution < 1.29 is 4.39 Å². The maximum atomic E-state index is 14.7. The van der Waals surface area contributed by atoms with Gasteiger partial charge in [-0.1, -0.05) is 23.7 Å². The molecule has 1 aliphatic heterocycles. The third-order valence-electron chi connectivity index (χ3n) is 6.30. The number of fused-ring (bicyclic) bond motifs is 1. The van der Waals surface area contributed by atoms with Crippen LogP contribution in [0.2, 0.25) is 5.02 Å². The molecular weight excluding hydrogens is 453 g/mol. The summed E-state index contributed by atoms with van der Waals surface area (Å²) < 4.78 is 16.4. The highest BCUT2D eigenvalue weighted by molar-refractivity contribution is 6.33. The molecule has 0 unspecified atom stereocenters.